The molecule has 17 heavy (non-hydrogen) atoms. The van der Waals surface area contributed by atoms with Crippen LogP contribution in [-0.4, -0.2) is 10.1 Å². The summed E-state index contributed by atoms with van der Waals surface area (Å²) in [7, 11) is 0. The van der Waals surface area contributed by atoms with Crippen molar-refractivity contribution in [1.82, 2.24) is 10.1 Å². The molecule has 0 saturated heterocycles. The fraction of sp³-hybridized carbons (Fsp3) is 0.500. The zero-order valence-electron chi connectivity index (χ0n) is 10.6. The number of rotatable bonds is 3. The number of nitrogen functional groups attached to an aromatic ring is 1. The van der Waals surface area contributed by atoms with E-state index < -0.39 is 0 Å². The van der Waals surface area contributed by atoms with E-state index in [0.29, 0.717) is 11.7 Å². The molecule has 2 N–H and O–H groups in total. The van der Waals surface area contributed by atoms with Crippen LogP contribution in [0.4, 0.5) is 5.82 Å². The van der Waals surface area contributed by atoms with Crippen LogP contribution in [0.25, 0.3) is 10.6 Å². The summed E-state index contributed by atoms with van der Waals surface area (Å²) in [5.41, 5.74) is 7.85. The Hall–Kier alpha value is -1.36. The predicted octanol–water partition coefficient (Wildman–Crippen LogP) is 3.20. The molecule has 2 heterocycles. The molecule has 0 radical (unpaired) electrons. The Labute approximate surface area is 105 Å². The molecule has 0 aromatic carbocycles. The van der Waals surface area contributed by atoms with Gasteiger partial charge in [-0.2, -0.15) is 0 Å². The molecule has 0 bridgehead atoms. The number of nitrogens with two attached hydrogens (primary N) is 1. The molecule has 2 aromatic rings. The molecule has 0 aliphatic carbocycles. The van der Waals surface area contributed by atoms with Crippen LogP contribution in [-0.2, 0) is 6.42 Å². The number of nitrogens with zero attached hydrogens (tertiary/aromatic N) is 2. The van der Waals surface area contributed by atoms with Gasteiger partial charge < -0.3 is 10.3 Å². The molecule has 0 unspecified atom stereocenters. The fourth-order valence-electron chi connectivity index (χ4n) is 1.85. The van der Waals surface area contributed by atoms with Crippen molar-refractivity contribution < 1.29 is 4.52 Å². The van der Waals surface area contributed by atoms with Gasteiger partial charge in [0.2, 0.25) is 0 Å². The Morgan fingerprint density at radius 2 is 2.06 bits per heavy atom. The van der Waals surface area contributed by atoms with E-state index in [1.807, 2.05) is 13.8 Å². The van der Waals surface area contributed by atoms with Crippen LogP contribution in [0.3, 0.4) is 0 Å². The van der Waals surface area contributed by atoms with Gasteiger partial charge >= 0.3 is 0 Å². The molecule has 2 aromatic heterocycles. The van der Waals surface area contributed by atoms with E-state index >= 15 is 0 Å². The van der Waals surface area contributed by atoms with Crippen molar-refractivity contribution in [3.8, 4) is 10.6 Å². The lowest BCUT2D eigenvalue weighted by molar-refractivity contribution is 0.435. The van der Waals surface area contributed by atoms with Gasteiger partial charge in [-0.15, -0.1) is 11.3 Å². The first-order valence-electron chi connectivity index (χ1n) is 5.67. The van der Waals surface area contributed by atoms with Gasteiger partial charge in [-0.25, -0.2) is 4.98 Å². The Kier molecular flexibility index (Phi) is 3.19. The van der Waals surface area contributed by atoms with Gasteiger partial charge in [0.25, 0.3) is 0 Å². The van der Waals surface area contributed by atoms with E-state index in [0.717, 1.165) is 33.3 Å². The van der Waals surface area contributed by atoms with Crippen LogP contribution in [0.2, 0.25) is 0 Å². The number of hydrogen-bond acceptors (Lipinski definition) is 5. The summed E-state index contributed by atoms with van der Waals surface area (Å²) in [4.78, 5) is 5.45. The van der Waals surface area contributed by atoms with E-state index in [1.165, 1.54) is 0 Å². The molecule has 0 aliphatic heterocycles. The molecule has 0 aliphatic rings. The number of hydrogen-bond donors (Lipinski definition) is 1. The molecule has 0 saturated carbocycles. The minimum atomic E-state index is 0.499. The number of aryl methyl sites for hydroxylation is 2. The molecule has 0 fully saturated rings. The quantitative estimate of drug-likeness (QED) is 0.909. The smallest absolute Gasteiger partial charge is 0.184 e. The van der Waals surface area contributed by atoms with Crippen LogP contribution in [0.5, 0.6) is 0 Å². The second kappa shape index (κ2) is 4.49. The van der Waals surface area contributed by atoms with Crippen molar-refractivity contribution in [2.24, 2.45) is 5.92 Å². The predicted molar refractivity (Wildman–Crippen MR) is 70.0 cm³/mol. The van der Waals surface area contributed by atoms with Gasteiger partial charge in [-0.3, -0.25) is 0 Å². The van der Waals surface area contributed by atoms with E-state index in [1.54, 1.807) is 11.3 Å². The summed E-state index contributed by atoms with van der Waals surface area (Å²) < 4.78 is 5.37. The largest absolute Gasteiger partial charge is 0.381 e. The van der Waals surface area contributed by atoms with Crippen molar-refractivity contribution in [2.45, 2.75) is 34.1 Å². The zero-order valence-corrected chi connectivity index (χ0v) is 11.4. The van der Waals surface area contributed by atoms with Gasteiger partial charge in [0, 0.05) is 5.56 Å². The van der Waals surface area contributed by atoms with Crippen LogP contribution in [0.15, 0.2) is 4.52 Å². The van der Waals surface area contributed by atoms with E-state index in [2.05, 4.69) is 24.0 Å². The van der Waals surface area contributed by atoms with Crippen LogP contribution in [0.1, 0.15) is 30.1 Å². The standard InChI is InChI=1S/C12H17N3OS/c1-6(2)5-9-10(16-15-12(9)13)11-7(3)14-8(4)17-11/h6H,5H2,1-4H3,(H2,13,15). The molecule has 5 heteroatoms. The van der Waals surface area contributed by atoms with Crippen molar-refractivity contribution >= 4 is 17.2 Å². The van der Waals surface area contributed by atoms with Crippen molar-refractivity contribution in [2.75, 3.05) is 5.73 Å². The maximum atomic E-state index is 5.86. The Balaban J connectivity index is 2.48. The molecule has 4 nitrogen and oxygen atoms in total. The highest BCUT2D eigenvalue weighted by Crippen LogP contribution is 2.35. The van der Waals surface area contributed by atoms with Crippen molar-refractivity contribution in [1.29, 1.82) is 0 Å². The summed E-state index contributed by atoms with van der Waals surface area (Å²) in [5.74, 6) is 1.81. The number of thiazole rings is 1. The Morgan fingerprint density at radius 1 is 1.35 bits per heavy atom. The Bertz CT molecular complexity index is 528. The second-order valence-corrected chi connectivity index (χ2v) is 5.82. The van der Waals surface area contributed by atoms with Gasteiger partial charge in [0.05, 0.1) is 15.6 Å². The maximum Gasteiger partial charge on any atom is 0.184 e. The minimum absolute atomic E-state index is 0.499. The van der Waals surface area contributed by atoms with Crippen LogP contribution >= 0.6 is 11.3 Å². The highest BCUT2D eigenvalue weighted by molar-refractivity contribution is 7.15. The third-order valence-electron chi connectivity index (χ3n) is 2.54. The lowest BCUT2D eigenvalue weighted by atomic mass is 10.0. The van der Waals surface area contributed by atoms with E-state index in [4.69, 9.17) is 10.3 Å². The number of anilines is 1. The summed E-state index contributed by atoms with van der Waals surface area (Å²) >= 11 is 1.62. The molecule has 0 spiro atoms. The Morgan fingerprint density at radius 3 is 2.59 bits per heavy atom. The third-order valence-corrected chi connectivity index (χ3v) is 3.61. The molecule has 0 amide bonds. The SMILES string of the molecule is Cc1nc(C)c(-c2onc(N)c2CC(C)C)s1. The maximum absolute atomic E-state index is 5.86. The van der Waals surface area contributed by atoms with Gasteiger partial charge in [-0.1, -0.05) is 19.0 Å². The fourth-order valence-corrected chi connectivity index (χ4v) is 2.77. The summed E-state index contributed by atoms with van der Waals surface area (Å²) in [5, 5.41) is 4.91. The van der Waals surface area contributed by atoms with Crippen molar-refractivity contribution in [3.05, 3.63) is 16.3 Å². The molecule has 0 atom stereocenters. The second-order valence-electron chi connectivity index (χ2n) is 4.62. The average Bonchev–Trinajstić information content (AvgIpc) is 2.71. The summed E-state index contributed by atoms with van der Waals surface area (Å²) in [6, 6.07) is 0. The van der Waals surface area contributed by atoms with Crippen LogP contribution < -0.4 is 5.73 Å². The first-order chi connectivity index (χ1) is 7.99. The first-order valence-corrected chi connectivity index (χ1v) is 6.49. The molecule has 2 rings (SSSR count). The summed E-state index contributed by atoms with van der Waals surface area (Å²) in [6.07, 6.45) is 0.876. The topological polar surface area (TPSA) is 64.9 Å². The lowest BCUT2D eigenvalue weighted by Gasteiger charge is -2.04. The average molecular weight is 251 g/mol. The number of aromatic nitrogens is 2. The van der Waals surface area contributed by atoms with Crippen molar-refractivity contribution in [3.63, 3.8) is 0 Å². The summed E-state index contributed by atoms with van der Waals surface area (Å²) in [6.45, 7) is 8.28. The van der Waals surface area contributed by atoms with E-state index in [-0.39, 0.29) is 0 Å². The van der Waals surface area contributed by atoms with Crippen LogP contribution in [0, 0.1) is 19.8 Å². The third kappa shape index (κ3) is 2.34. The molecular weight excluding hydrogens is 234 g/mol. The first kappa shape index (κ1) is 12.1. The van der Waals surface area contributed by atoms with E-state index in [9.17, 15) is 0 Å². The van der Waals surface area contributed by atoms with Gasteiger partial charge in [0.1, 0.15) is 0 Å². The van der Waals surface area contributed by atoms with Gasteiger partial charge in [-0.05, 0) is 26.2 Å². The minimum Gasteiger partial charge on any atom is -0.381 e. The highest BCUT2D eigenvalue weighted by Gasteiger charge is 2.20. The monoisotopic (exact) mass is 251 g/mol. The normalized spacial score (nSPS) is 11.4. The highest BCUT2D eigenvalue weighted by atomic mass is 32.1. The lowest BCUT2D eigenvalue weighted by Crippen LogP contribution is -1.98. The van der Waals surface area contributed by atoms with Gasteiger partial charge in [0.15, 0.2) is 11.6 Å². The molecule has 92 valence electrons. The zero-order chi connectivity index (χ0) is 12.6. The molecular formula is C12H17N3OS.